The van der Waals surface area contributed by atoms with Gasteiger partial charge in [-0.05, 0) is 12.1 Å². The number of aliphatic hydroxyl groups excluding tert-OH is 2. The quantitative estimate of drug-likeness (QED) is 0.664. The molecule has 1 unspecified atom stereocenters. The van der Waals surface area contributed by atoms with E-state index in [-0.39, 0.29) is 18.9 Å². The van der Waals surface area contributed by atoms with Crippen molar-refractivity contribution in [3.05, 3.63) is 18.2 Å². The molecule has 1 aromatic rings. The lowest BCUT2D eigenvalue weighted by atomic mass is 10.2. The molecule has 0 bridgehead atoms. The Morgan fingerprint density at radius 1 is 1.32 bits per heavy atom. The van der Waals surface area contributed by atoms with Gasteiger partial charge in [0.05, 0.1) is 19.8 Å². The fraction of sp³-hybridized carbons (Fsp3) is 0.500. The first-order valence-corrected chi connectivity index (χ1v) is 5.68. The van der Waals surface area contributed by atoms with Gasteiger partial charge in [0.2, 0.25) is 0 Å². The van der Waals surface area contributed by atoms with Crippen molar-refractivity contribution in [1.29, 1.82) is 0 Å². The first-order valence-electron chi connectivity index (χ1n) is 5.68. The SMILES string of the molecule is COc1ccc(NCC(O)CO)cc1OCC(F)F. The smallest absolute Gasteiger partial charge is 0.272 e. The number of anilines is 1. The van der Waals surface area contributed by atoms with Crippen LogP contribution in [-0.2, 0) is 0 Å². The van der Waals surface area contributed by atoms with E-state index in [0.717, 1.165) is 0 Å². The van der Waals surface area contributed by atoms with Gasteiger partial charge in [-0.25, -0.2) is 8.78 Å². The maximum atomic E-state index is 12.1. The van der Waals surface area contributed by atoms with E-state index in [0.29, 0.717) is 11.4 Å². The number of halogens is 2. The molecular formula is C12H17F2NO4. The molecule has 0 aliphatic carbocycles. The molecule has 1 atom stereocenters. The maximum absolute atomic E-state index is 12.1. The Morgan fingerprint density at radius 3 is 2.63 bits per heavy atom. The molecule has 0 radical (unpaired) electrons. The van der Waals surface area contributed by atoms with Crippen LogP contribution < -0.4 is 14.8 Å². The standard InChI is InChI=1S/C12H17F2NO4/c1-18-10-3-2-8(15-5-9(17)6-16)4-11(10)19-7-12(13)14/h2-4,9,12,15-17H,5-7H2,1H3. The summed E-state index contributed by atoms with van der Waals surface area (Å²) in [7, 11) is 1.41. The fourth-order valence-corrected chi connectivity index (χ4v) is 1.35. The maximum Gasteiger partial charge on any atom is 0.272 e. The van der Waals surface area contributed by atoms with Crippen LogP contribution in [0.15, 0.2) is 18.2 Å². The first-order chi connectivity index (χ1) is 9.06. The number of benzene rings is 1. The van der Waals surface area contributed by atoms with E-state index in [9.17, 15) is 13.9 Å². The van der Waals surface area contributed by atoms with Crippen LogP contribution in [0.1, 0.15) is 0 Å². The molecule has 0 amide bonds. The summed E-state index contributed by atoms with van der Waals surface area (Å²) in [4.78, 5) is 0. The molecular weight excluding hydrogens is 260 g/mol. The van der Waals surface area contributed by atoms with Crippen LogP contribution in [0.2, 0.25) is 0 Å². The highest BCUT2D eigenvalue weighted by Gasteiger charge is 2.10. The molecule has 0 heterocycles. The fourth-order valence-electron chi connectivity index (χ4n) is 1.35. The van der Waals surface area contributed by atoms with Gasteiger partial charge in [-0.1, -0.05) is 0 Å². The minimum absolute atomic E-state index is 0.136. The van der Waals surface area contributed by atoms with Crippen molar-refractivity contribution in [1.82, 2.24) is 0 Å². The predicted octanol–water partition coefficient (Wildman–Crippen LogP) is 1.10. The largest absolute Gasteiger partial charge is 0.493 e. The zero-order chi connectivity index (χ0) is 14.3. The Bertz CT molecular complexity index is 390. The molecule has 0 aromatic heterocycles. The second kappa shape index (κ2) is 7.75. The van der Waals surface area contributed by atoms with Crippen molar-refractivity contribution in [2.75, 3.05) is 32.2 Å². The van der Waals surface area contributed by atoms with Gasteiger partial charge in [-0.2, -0.15) is 0 Å². The normalized spacial score (nSPS) is 12.3. The summed E-state index contributed by atoms with van der Waals surface area (Å²) in [6.45, 7) is -0.950. The molecule has 7 heteroatoms. The van der Waals surface area contributed by atoms with E-state index in [4.69, 9.17) is 14.6 Å². The van der Waals surface area contributed by atoms with Crippen molar-refractivity contribution in [3.8, 4) is 11.5 Å². The Labute approximate surface area is 109 Å². The Balaban J connectivity index is 2.70. The molecule has 3 N–H and O–H groups in total. The number of alkyl halides is 2. The topological polar surface area (TPSA) is 71.0 Å². The second-order valence-electron chi connectivity index (χ2n) is 3.79. The van der Waals surface area contributed by atoms with Crippen molar-refractivity contribution in [2.45, 2.75) is 12.5 Å². The minimum Gasteiger partial charge on any atom is -0.493 e. The molecule has 0 aliphatic rings. The van der Waals surface area contributed by atoms with Crippen LogP contribution in [0.25, 0.3) is 0 Å². The van der Waals surface area contributed by atoms with Gasteiger partial charge in [0.25, 0.3) is 6.43 Å². The highest BCUT2D eigenvalue weighted by atomic mass is 19.3. The Hall–Kier alpha value is -1.60. The summed E-state index contributed by atoms with van der Waals surface area (Å²) >= 11 is 0. The van der Waals surface area contributed by atoms with Gasteiger partial charge in [0.1, 0.15) is 6.61 Å². The van der Waals surface area contributed by atoms with E-state index < -0.39 is 19.1 Å². The molecule has 0 saturated heterocycles. The molecule has 19 heavy (non-hydrogen) atoms. The van der Waals surface area contributed by atoms with E-state index in [1.54, 1.807) is 12.1 Å². The average molecular weight is 277 g/mol. The van der Waals surface area contributed by atoms with Gasteiger partial charge in [-0.3, -0.25) is 0 Å². The van der Waals surface area contributed by atoms with E-state index in [1.807, 2.05) is 0 Å². The van der Waals surface area contributed by atoms with Crippen LogP contribution in [0.4, 0.5) is 14.5 Å². The molecule has 0 fully saturated rings. The lowest BCUT2D eigenvalue weighted by Crippen LogP contribution is -2.22. The molecule has 0 saturated carbocycles. The molecule has 1 aromatic carbocycles. The van der Waals surface area contributed by atoms with Gasteiger partial charge in [0, 0.05) is 18.3 Å². The highest BCUT2D eigenvalue weighted by molar-refractivity contribution is 5.54. The molecule has 108 valence electrons. The van der Waals surface area contributed by atoms with Crippen molar-refractivity contribution < 1.29 is 28.5 Å². The zero-order valence-corrected chi connectivity index (χ0v) is 10.5. The zero-order valence-electron chi connectivity index (χ0n) is 10.5. The van der Waals surface area contributed by atoms with Crippen LogP contribution in [0.5, 0.6) is 11.5 Å². The van der Waals surface area contributed by atoms with Crippen LogP contribution in [-0.4, -0.2) is 49.6 Å². The number of nitrogens with one attached hydrogen (secondary N) is 1. The summed E-state index contributed by atoms with van der Waals surface area (Å²) in [5.41, 5.74) is 0.567. The molecule has 5 nitrogen and oxygen atoms in total. The summed E-state index contributed by atoms with van der Waals surface area (Å²) in [6.07, 6.45) is -3.47. The Morgan fingerprint density at radius 2 is 2.05 bits per heavy atom. The number of ether oxygens (including phenoxy) is 2. The molecule has 0 spiro atoms. The third-order valence-corrected chi connectivity index (χ3v) is 2.28. The third kappa shape index (κ3) is 5.27. The van der Waals surface area contributed by atoms with Crippen LogP contribution in [0.3, 0.4) is 0 Å². The first kappa shape index (κ1) is 15.5. The molecule has 1 rings (SSSR count). The van der Waals surface area contributed by atoms with Crippen LogP contribution in [0, 0.1) is 0 Å². The van der Waals surface area contributed by atoms with E-state index >= 15 is 0 Å². The summed E-state index contributed by atoms with van der Waals surface area (Å²) < 4.78 is 34.2. The van der Waals surface area contributed by atoms with Gasteiger partial charge >= 0.3 is 0 Å². The monoisotopic (exact) mass is 277 g/mol. The van der Waals surface area contributed by atoms with E-state index in [2.05, 4.69) is 5.32 Å². The predicted molar refractivity (Wildman–Crippen MR) is 66.1 cm³/mol. The van der Waals surface area contributed by atoms with Gasteiger partial charge in [-0.15, -0.1) is 0 Å². The minimum atomic E-state index is -2.57. The summed E-state index contributed by atoms with van der Waals surface area (Å²) in [5.74, 6) is 0.528. The Kier molecular flexibility index (Phi) is 6.31. The number of hydrogen-bond donors (Lipinski definition) is 3. The number of aliphatic hydroxyl groups is 2. The van der Waals surface area contributed by atoms with Crippen molar-refractivity contribution >= 4 is 5.69 Å². The van der Waals surface area contributed by atoms with E-state index in [1.165, 1.54) is 13.2 Å². The summed E-state index contributed by atoms with van der Waals surface area (Å²) in [5, 5.41) is 20.7. The lowest BCUT2D eigenvalue weighted by Gasteiger charge is -2.14. The third-order valence-electron chi connectivity index (χ3n) is 2.28. The second-order valence-corrected chi connectivity index (χ2v) is 3.79. The van der Waals surface area contributed by atoms with Gasteiger partial charge in [0.15, 0.2) is 11.5 Å². The van der Waals surface area contributed by atoms with Crippen LogP contribution >= 0.6 is 0 Å². The number of methoxy groups -OCH3 is 1. The van der Waals surface area contributed by atoms with Crippen molar-refractivity contribution in [3.63, 3.8) is 0 Å². The summed E-state index contributed by atoms with van der Waals surface area (Å²) in [6, 6.07) is 4.71. The lowest BCUT2D eigenvalue weighted by molar-refractivity contribution is 0.0804. The number of hydrogen-bond acceptors (Lipinski definition) is 5. The number of rotatable bonds is 8. The molecule has 0 aliphatic heterocycles. The average Bonchev–Trinajstić information content (AvgIpc) is 2.42. The van der Waals surface area contributed by atoms with Crippen molar-refractivity contribution in [2.24, 2.45) is 0 Å². The highest BCUT2D eigenvalue weighted by Crippen LogP contribution is 2.30. The van der Waals surface area contributed by atoms with Gasteiger partial charge < -0.3 is 25.0 Å².